The first-order valence-electron chi connectivity index (χ1n) is 6.06. The summed E-state index contributed by atoms with van der Waals surface area (Å²) >= 11 is 0. The van der Waals surface area contributed by atoms with Crippen LogP contribution in [0.25, 0.3) is 5.52 Å². The molecule has 3 rings (SSSR count). The summed E-state index contributed by atoms with van der Waals surface area (Å²) in [5.74, 6) is -0.294. The Labute approximate surface area is 108 Å². The molecule has 0 unspecified atom stereocenters. The topological polar surface area (TPSA) is 109 Å². The van der Waals surface area contributed by atoms with Gasteiger partial charge >= 0.3 is 0 Å². The molecule has 0 saturated carbocycles. The molecule has 3 N–H and O–H groups in total. The minimum atomic E-state index is -0.364. The minimum Gasteiger partial charge on any atom is -0.336 e. The van der Waals surface area contributed by atoms with E-state index in [0.29, 0.717) is 18.8 Å². The molecule has 1 saturated heterocycles. The number of carbonyl (C=O) groups excluding carboxylic acids is 1. The van der Waals surface area contributed by atoms with Gasteiger partial charge in [0.2, 0.25) is 0 Å². The van der Waals surface area contributed by atoms with Crippen LogP contribution in [0.1, 0.15) is 22.6 Å². The second-order valence-corrected chi connectivity index (χ2v) is 4.80. The van der Waals surface area contributed by atoms with Crippen molar-refractivity contribution in [3.05, 3.63) is 27.9 Å². The maximum atomic E-state index is 12.3. The molecular formula is C11H14N6O2. The van der Waals surface area contributed by atoms with Crippen molar-refractivity contribution < 1.29 is 4.79 Å². The molecule has 8 heteroatoms. The van der Waals surface area contributed by atoms with Gasteiger partial charge in [0.15, 0.2) is 11.2 Å². The molecule has 19 heavy (non-hydrogen) atoms. The molecule has 8 nitrogen and oxygen atoms in total. The summed E-state index contributed by atoms with van der Waals surface area (Å²) in [5, 5.41) is 7.65. The maximum Gasteiger partial charge on any atom is 0.276 e. The van der Waals surface area contributed by atoms with Crippen molar-refractivity contribution in [3.8, 4) is 0 Å². The van der Waals surface area contributed by atoms with E-state index in [1.54, 1.807) is 18.0 Å². The van der Waals surface area contributed by atoms with Gasteiger partial charge in [-0.05, 0) is 13.3 Å². The number of nitrogens with two attached hydrogens (primary N) is 1. The molecule has 1 amide bonds. The number of likely N-dealkylation sites (tertiary alicyclic amines) is 1. The molecule has 3 heterocycles. The van der Waals surface area contributed by atoms with Gasteiger partial charge in [-0.2, -0.15) is 0 Å². The number of fused-ring (bicyclic) bond motifs is 1. The number of carbonyl (C=O) groups is 1. The molecule has 2 aromatic rings. The molecule has 1 atom stereocenters. The first-order valence-corrected chi connectivity index (χ1v) is 6.06. The van der Waals surface area contributed by atoms with Crippen molar-refractivity contribution in [2.75, 3.05) is 13.1 Å². The Balaban J connectivity index is 2.06. The standard InChI is InChI=1S/C11H14N6O2/c1-6-4-17-9(10(18)13-6)8(14-15-17)11(19)16-3-2-7(12)5-16/h4,7H,2-3,5,12H2,1H3,(H,13,18)/t7-/m0/s1. The second-order valence-electron chi connectivity index (χ2n) is 4.80. The van der Waals surface area contributed by atoms with Crippen LogP contribution in [0, 0.1) is 6.92 Å². The third-order valence-corrected chi connectivity index (χ3v) is 3.25. The molecule has 1 aliphatic rings. The average Bonchev–Trinajstić information content (AvgIpc) is 2.94. The smallest absolute Gasteiger partial charge is 0.276 e. The first-order chi connectivity index (χ1) is 9.06. The Hall–Kier alpha value is -2.22. The number of H-pyrrole nitrogens is 1. The lowest BCUT2D eigenvalue weighted by atomic mass is 10.3. The Morgan fingerprint density at radius 1 is 1.58 bits per heavy atom. The molecule has 100 valence electrons. The third kappa shape index (κ3) is 1.89. The molecule has 0 aromatic carbocycles. The average molecular weight is 262 g/mol. The lowest BCUT2D eigenvalue weighted by molar-refractivity contribution is 0.0787. The van der Waals surface area contributed by atoms with Gasteiger partial charge in [-0.15, -0.1) is 5.10 Å². The lowest BCUT2D eigenvalue weighted by Gasteiger charge is -2.13. The third-order valence-electron chi connectivity index (χ3n) is 3.25. The van der Waals surface area contributed by atoms with E-state index in [1.165, 1.54) is 4.52 Å². The van der Waals surface area contributed by atoms with Gasteiger partial charge in [0, 0.05) is 24.8 Å². The fourth-order valence-corrected chi connectivity index (χ4v) is 2.32. The Morgan fingerprint density at radius 2 is 2.37 bits per heavy atom. The number of hydrogen-bond acceptors (Lipinski definition) is 5. The van der Waals surface area contributed by atoms with E-state index in [0.717, 1.165) is 6.42 Å². The van der Waals surface area contributed by atoms with E-state index in [2.05, 4.69) is 15.3 Å². The number of aryl methyl sites for hydroxylation is 1. The highest BCUT2D eigenvalue weighted by atomic mass is 16.2. The van der Waals surface area contributed by atoms with Gasteiger partial charge in [0.25, 0.3) is 11.5 Å². The quantitative estimate of drug-likeness (QED) is 0.678. The summed E-state index contributed by atoms with van der Waals surface area (Å²) in [6.07, 6.45) is 2.39. The van der Waals surface area contributed by atoms with Crippen LogP contribution < -0.4 is 11.3 Å². The van der Waals surface area contributed by atoms with Gasteiger partial charge in [-0.1, -0.05) is 5.21 Å². The number of amides is 1. The van der Waals surface area contributed by atoms with Gasteiger partial charge in [-0.25, -0.2) is 4.52 Å². The number of aromatic amines is 1. The summed E-state index contributed by atoms with van der Waals surface area (Å²) in [6, 6.07) is -0.00804. The van der Waals surface area contributed by atoms with Crippen molar-refractivity contribution in [2.45, 2.75) is 19.4 Å². The predicted molar refractivity (Wildman–Crippen MR) is 66.8 cm³/mol. The molecule has 0 bridgehead atoms. The van der Waals surface area contributed by atoms with Crippen molar-refractivity contribution in [1.82, 2.24) is 24.7 Å². The summed E-state index contributed by atoms with van der Waals surface area (Å²) in [5.41, 5.74) is 6.32. The summed E-state index contributed by atoms with van der Waals surface area (Å²) in [7, 11) is 0. The van der Waals surface area contributed by atoms with Crippen molar-refractivity contribution in [2.24, 2.45) is 5.73 Å². The SMILES string of the molecule is Cc1cn2nnc(C(=O)N3CC[C@H](N)C3)c2c(=O)[nH]1. The largest absolute Gasteiger partial charge is 0.336 e. The molecule has 0 spiro atoms. The molecular weight excluding hydrogens is 248 g/mol. The van der Waals surface area contributed by atoms with E-state index >= 15 is 0 Å². The Kier molecular flexibility index (Phi) is 2.59. The van der Waals surface area contributed by atoms with E-state index in [9.17, 15) is 9.59 Å². The van der Waals surface area contributed by atoms with Crippen LogP contribution in [-0.4, -0.2) is 49.7 Å². The Bertz CT molecular complexity index is 703. The van der Waals surface area contributed by atoms with Crippen LogP contribution in [0.5, 0.6) is 0 Å². The Morgan fingerprint density at radius 3 is 3.05 bits per heavy atom. The fraction of sp³-hybridized carbons (Fsp3) is 0.455. The maximum absolute atomic E-state index is 12.3. The molecule has 0 radical (unpaired) electrons. The van der Waals surface area contributed by atoms with E-state index in [1.807, 2.05) is 0 Å². The molecule has 0 aliphatic carbocycles. The van der Waals surface area contributed by atoms with Crippen LogP contribution >= 0.6 is 0 Å². The summed E-state index contributed by atoms with van der Waals surface area (Å²) in [4.78, 5) is 28.5. The van der Waals surface area contributed by atoms with Gasteiger partial charge in [0.05, 0.1) is 6.20 Å². The highest BCUT2D eigenvalue weighted by Gasteiger charge is 2.28. The number of hydrogen-bond donors (Lipinski definition) is 2. The first kappa shape index (κ1) is 11.8. The van der Waals surface area contributed by atoms with Crippen molar-refractivity contribution in [1.29, 1.82) is 0 Å². The van der Waals surface area contributed by atoms with Crippen LogP contribution in [0.3, 0.4) is 0 Å². The number of nitrogens with one attached hydrogen (secondary N) is 1. The van der Waals surface area contributed by atoms with Crippen LogP contribution in [-0.2, 0) is 0 Å². The number of rotatable bonds is 1. The van der Waals surface area contributed by atoms with E-state index in [4.69, 9.17) is 5.73 Å². The molecule has 2 aromatic heterocycles. The zero-order chi connectivity index (χ0) is 13.6. The second kappa shape index (κ2) is 4.16. The predicted octanol–water partition coefficient (Wildman–Crippen LogP) is -1.10. The number of nitrogens with zero attached hydrogens (tertiary/aromatic N) is 4. The van der Waals surface area contributed by atoms with Crippen LogP contribution in [0.4, 0.5) is 0 Å². The molecule has 1 fully saturated rings. The zero-order valence-electron chi connectivity index (χ0n) is 10.5. The normalized spacial score (nSPS) is 19.3. The van der Waals surface area contributed by atoms with Crippen molar-refractivity contribution >= 4 is 11.4 Å². The highest BCUT2D eigenvalue weighted by Crippen LogP contribution is 2.13. The number of aromatic nitrogens is 4. The van der Waals surface area contributed by atoms with Gasteiger partial charge < -0.3 is 15.6 Å². The minimum absolute atomic E-state index is 0.00804. The van der Waals surface area contributed by atoms with Gasteiger partial charge in [-0.3, -0.25) is 9.59 Å². The fourth-order valence-electron chi connectivity index (χ4n) is 2.32. The van der Waals surface area contributed by atoms with Crippen LogP contribution in [0.15, 0.2) is 11.0 Å². The van der Waals surface area contributed by atoms with Crippen LogP contribution in [0.2, 0.25) is 0 Å². The summed E-state index contributed by atoms with van der Waals surface area (Å²) < 4.78 is 1.33. The highest BCUT2D eigenvalue weighted by molar-refractivity contribution is 5.98. The van der Waals surface area contributed by atoms with Gasteiger partial charge in [0.1, 0.15) is 0 Å². The lowest BCUT2D eigenvalue weighted by Crippen LogP contribution is -2.32. The summed E-state index contributed by atoms with van der Waals surface area (Å²) in [6.45, 7) is 2.81. The monoisotopic (exact) mass is 262 g/mol. The van der Waals surface area contributed by atoms with Crippen molar-refractivity contribution in [3.63, 3.8) is 0 Å². The zero-order valence-corrected chi connectivity index (χ0v) is 10.5. The van der Waals surface area contributed by atoms with E-state index < -0.39 is 0 Å². The van der Waals surface area contributed by atoms with E-state index in [-0.39, 0.29) is 28.7 Å². The molecule has 1 aliphatic heterocycles.